The molecule has 0 aliphatic heterocycles. The third-order valence-electron chi connectivity index (χ3n) is 2.03. The Kier molecular flexibility index (Phi) is 4.76. The van der Waals surface area contributed by atoms with Gasteiger partial charge in [-0.15, -0.1) is 0 Å². The maximum Gasteiger partial charge on any atom is 0.330 e. The molecule has 0 aliphatic carbocycles. The van der Waals surface area contributed by atoms with Crippen LogP contribution in [0.25, 0.3) is 0 Å². The minimum atomic E-state index is -0.672. The molecule has 1 N–H and O–H groups in total. The third-order valence-corrected chi connectivity index (χ3v) is 2.03. The van der Waals surface area contributed by atoms with Crippen LogP contribution in [0.2, 0.25) is 0 Å². The van der Waals surface area contributed by atoms with E-state index in [9.17, 15) is 9.59 Å². The van der Waals surface area contributed by atoms with Crippen molar-refractivity contribution in [2.75, 3.05) is 7.11 Å². The van der Waals surface area contributed by atoms with E-state index < -0.39 is 12.0 Å². The lowest BCUT2D eigenvalue weighted by Gasteiger charge is -2.12. The molecule has 0 saturated carbocycles. The maximum absolute atomic E-state index is 11.3. The van der Waals surface area contributed by atoms with Gasteiger partial charge in [0.25, 0.3) is 6.08 Å². The van der Waals surface area contributed by atoms with E-state index in [0.717, 1.165) is 5.56 Å². The molecular weight excluding hydrogens is 208 g/mol. The SMILES string of the molecule is COC(=O)[C@H](Cc1ccccc1)NN=C=O. The molecule has 0 aromatic heterocycles. The van der Waals surface area contributed by atoms with Crippen molar-refractivity contribution in [2.45, 2.75) is 12.5 Å². The minimum Gasteiger partial charge on any atom is -0.467 e. The summed E-state index contributed by atoms with van der Waals surface area (Å²) < 4.78 is 4.59. The number of nitrogens with one attached hydrogen (secondary N) is 1. The van der Waals surface area contributed by atoms with Crippen LogP contribution < -0.4 is 5.43 Å². The van der Waals surface area contributed by atoms with Crippen LogP contribution in [0, 0.1) is 0 Å². The number of esters is 1. The first kappa shape index (κ1) is 11.9. The van der Waals surface area contributed by atoms with Gasteiger partial charge in [0.15, 0.2) is 0 Å². The fourth-order valence-corrected chi connectivity index (χ4v) is 1.28. The van der Waals surface area contributed by atoms with Crippen molar-refractivity contribution in [3.8, 4) is 0 Å². The summed E-state index contributed by atoms with van der Waals surface area (Å²) in [5, 5.41) is 3.18. The molecule has 16 heavy (non-hydrogen) atoms. The quantitative estimate of drug-likeness (QED) is 0.341. The lowest BCUT2D eigenvalue weighted by Crippen LogP contribution is -2.36. The Morgan fingerprint density at radius 2 is 2.19 bits per heavy atom. The highest BCUT2D eigenvalue weighted by atomic mass is 16.5. The smallest absolute Gasteiger partial charge is 0.330 e. The Bertz CT molecular complexity index is 385. The number of hydrazone groups is 1. The number of benzene rings is 1. The number of nitrogens with zero attached hydrogens (tertiary/aromatic N) is 1. The molecule has 1 aromatic rings. The molecule has 5 heteroatoms. The molecule has 0 saturated heterocycles. The normalized spacial score (nSPS) is 11.1. The van der Waals surface area contributed by atoms with Crippen LogP contribution >= 0.6 is 0 Å². The Balaban J connectivity index is 2.70. The van der Waals surface area contributed by atoms with Gasteiger partial charge in [-0.3, -0.25) is 5.43 Å². The van der Waals surface area contributed by atoms with Gasteiger partial charge >= 0.3 is 5.97 Å². The molecule has 0 amide bonds. The van der Waals surface area contributed by atoms with Gasteiger partial charge in [0.05, 0.1) is 7.11 Å². The van der Waals surface area contributed by atoms with E-state index in [2.05, 4.69) is 15.3 Å². The number of isocyanates is 1. The van der Waals surface area contributed by atoms with Crippen LogP contribution in [-0.4, -0.2) is 25.2 Å². The van der Waals surface area contributed by atoms with E-state index in [4.69, 9.17) is 0 Å². The molecule has 1 rings (SSSR count). The highest BCUT2D eigenvalue weighted by Gasteiger charge is 2.18. The van der Waals surface area contributed by atoms with Gasteiger partial charge in [-0.05, 0) is 5.56 Å². The van der Waals surface area contributed by atoms with Crippen LogP contribution in [0.3, 0.4) is 0 Å². The lowest BCUT2D eigenvalue weighted by molar-refractivity contribution is -0.143. The summed E-state index contributed by atoms with van der Waals surface area (Å²) in [5.74, 6) is -0.470. The number of ether oxygens (including phenoxy) is 1. The van der Waals surface area contributed by atoms with Crippen molar-refractivity contribution in [3.05, 3.63) is 35.9 Å². The van der Waals surface area contributed by atoms with Crippen molar-refractivity contribution in [3.63, 3.8) is 0 Å². The fraction of sp³-hybridized carbons (Fsp3) is 0.273. The third kappa shape index (κ3) is 3.55. The summed E-state index contributed by atoms with van der Waals surface area (Å²) in [6, 6.07) is 8.70. The molecule has 0 radical (unpaired) electrons. The molecule has 0 spiro atoms. The zero-order valence-corrected chi connectivity index (χ0v) is 8.84. The van der Waals surface area contributed by atoms with Crippen LogP contribution in [0.15, 0.2) is 35.4 Å². The summed E-state index contributed by atoms with van der Waals surface area (Å²) >= 11 is 0. The van der Waals surface area contributed by atoms with Gasteiger partial charge in [-0.25, -0.2) is 9.59 Å². The fourth-order valence-electron chi connectivity index (χ4n) is 1.28. The minimum absolute atomic E-state index is 0.401. The molecular formula is C11H12N2O3. The Morgan fingerprint density at radius 1 is 1.50 bits per heavy atom. The van der Waals surface area contributed by atoms with E-state index in [1.54, 1.807) is 0 Å². The van der Waals surface area contributed by atoms with Gasteiger partial charge < -0.3 is 4.74 Å². The molecule has 0 bridgehead atoms. The number of rotatable bonds is 5. The van der Waals surface area contributed by atoms with Crippen LogP contribution in [0.4, 0.5) is 0 Å². The average molecular weight is 220 g/mol. The van der Waals surface area contributed by atoms with E-state index in [0.29, 0.717) is 6.42 Å². The van der Waals surface area contributed by atoms with E-state index in [-0.39, 0.29) is 0 Å². The molecule has 0 heterocycles. The highest BCUT2D eigenvalue weighted by Crippen LogP contribution is 2.04. The Labute approximate surface area is 93.1 Å². The van der Waals surface area contributed by atoms with Gasteiger partial charge in [0.1, 0.15) is 6.04 Å². The summed E-state index contributed by atoms with van der Waals surface area (Å²) in [6.45, 7) is 0. The van der Waals surface area contributed by atoms with Gasteiger partial charge in [-0.2, -0.15) is 0 Å². The standard InChI is InChI=1S/C11H12N2O3/c1-16-11(15)10(13-12-8-14)7-9-5-3-2-4-6-9/h2-6,10,13H,7H2,1H3/t10-/m0/s1. The second-order valence-corrected chi connectivity index (χ2v) is 3.10. The zero-order chi connectivity index (χ0) is 11.8. The largest absolute Gasteiger partial charge is 0.467 e. The molecule has 0 aliphatic rings. The van der Waals surface area contributed by atoms with E-state index in [1.807, 2.05) is 30.3 Å². The average Bonchev–Trinajstić information content (AvgIpc) is 2.34. The Morgan fingerprint density at radius 3 is 2.75 bits per heavy atom. The summed E-state index contributed by atoms with van der Waals surface area (Å²) in [6.07, 6.45) is 1.72. The van der Waals surface area contributed by atoms with Gasteiger partial charge in [0.2, 0.25) is 0 Å². The number of carbonyl (C=O) groups excluding carboxylic acids is 2. The first-order valence-corrected chi connectivity index (χ1v) is 4.72. The van der Waals surface area contributed by atoms with E-state index in [1.165, 1.54) is 13.2 Å². The van der Waals surface area contributed by atoms with Crippen LogP contribution in [0.5, 0.6) is 0 Å². The van der Waals surface area contributed by atoms with Crippen molar-refractivity contribution < 1.29 is 14.3 Å². The van der Waals surface area contributed by atoms with Crippen molar-refractivity contribution in [1.29, 1.82) is 0 Å². The first-order chi connectivity index (χ1) is 7.77. The molecule has 84 valence electrons. The summed E-state index contributed by atoms with van der Waals surface area (Å²) in [7, 11) is 1.28. The Hall–Kier alpha value is -2.13. The molecule has 0 fully saturated rings. The van der Waals surface area contributed by atoms with Crippen LogP contribution in [-0.2, 0) is 20.7 Å². The molecule has 1 aromatic carbocycles. The summed E-state index contributed by atoms with van der Waals surface area (Å²) in [5.41, 5.74) is 3.35. The second-order valence-electron chi connectivity index (χ2n) is 3.10. The number of carbonyl (C=O) groups is 1. The van der Waals surface area contributed by atoms with Crippen molar-refractivity contribution >= 4 is 12.0 Å². The predicted molar refractivity (Wildman–Crippen MR) is 57.2 cm³/mol. The molecule has 5 nitrogen and oxygen atoms in total. The van der Waals surface area contributed by atoms with E-state index >= 15 is 0 Å². The molecule has 0 unspecified atom stereocenters. The monoisotopic (exact) mass is 220 g/mol. The van der Waals surface area contributed by atoms with Gasteiger partial charge in [0, 0.05) is 6.42 Å². The van der Waals surface area contributed by atoms with Crippen molar-refractivity contribution in [2.24, 2.45) is 5.10 Å². The van der Waals surface area contributed by atoms with Crippen LogP contribution in [0.1, 0.15) is 5.56 Å². The van der Waals surface area contributed by atoms with Gasteiger partial charge in [-0.1, -0.05) is 35.4 Å². The highest BCUT2D eigenvalue weighted by molar-refractivity contribution is 5.76. The summed E-state index contributed by atoms with van der Waals surface area (Å²) in [4.78, 5) is 21.3. The topological polar surface area (TPSA) is 67.8 Å². The van der Waals surface area contributed by atoms with Crippen molar-refractivity contribution in [1.82, 2.24) is 5.43 Å². The zero-order valence-electron chi connectivity index (χ0n) is 8.84. The number of hydrogen-bond donors (Lipinski definition) is 1. The number of methoxy groups -OCH3 is 1. The second kappa shape index (κ2) is 6.37. The lowest BCUT2D eigenvalue weighted by atomic mass is 10.1. The number of hydrogen-bond acceptors (Lipinski definition) is 5. The molecule has 1 atom stereocenters. The first-order valence-electron chi connectivity index (χ1n) is 4.72. The maximum atomic E-state index is 11.3. The predicted octanol–water partition coefficient (Wildman–Crippen LogP) is 0.611.